The fraction of sp³-hybridized carbons (Fsp3) is 0.286. The van der Waals surface area contributed by atoms with Gasteiger partial charge in [-0.3, -0.25) is 4.90 Å². The average Bonchev–Trinajstić information content (AvgIpc) is 2.75. The van der Waals surface area contributed by atoms with Crippen molar-refractivity contribution in [3.05, 3.63) is 56.7 Å². The Morgan fingerprint density at radius 1 is 1.18 bits per heavy atom. The normalized spacial score (nSPS) is 11.0. The SMILES string of the molecule is CCN(Cc1ccccc1)Cc1cc(Br)cs1. The first-order valence-corrected chi connectivity index (χ1v) is 7.44. The molecule has 17 heavy (non-hydrogen) atoms. The maximum absolute atomic E-state index is 3.50. The molecule has 1 aromatic heterocycles. The number of hydrogen-bond donors (Lipinski definition) is 0. The van der Waals surface area contributed by atoms with Gasteiger partial charge < -0.3 is 0 Å². The Balaban J connectivity index is 1.98. The van der Waals surface area contributed by atoms with Gasteiger partial charge in [-0.15, -0.1) is 11.3 Å². The van der Waals surface area contributed by atoms with Gasteiger partial charge in [0.15, 0.2) is 0 Å². The largest absolute Gasteiger partial charge is 0.294 e. The summed E-state index contributed by atoms with van der Waals surface area (Å²) in [6.45, 7) is 5.34. The van der Waals surface area contributed by atoms with E-state index in [0.29, 0.717) is 0 Å². The van der Waals surface area contributed by atoms with E-state index < -0.39 is 0 Å². The summed E-state index contributed by atoms with van der Waals surface area (Å²) in [6, 6.07) is 12.9. The molecule has 0 saturated carbocycles. The lowest BCUT2D eigenvalue weighted by Crippen LogP contribution is -2.21. The fourth-order valence-electron chi connectivity index (χ4n) is 1.78. The van der Waals surface area contributed by atoms with Gasteiger partial charge in [-0.2, -0.15) is 0 Å². The zero-order valence-electron chi connectivity index (χ0n) is 9.90. The molecule has 0 fully saturated rings. The molecule has 1 heterocycles. The molecule has 0 N–H and O–H groups in total. The monoisotopic (exact) mass is 309 g/mol. The maximum Gasteiger partial charge on any atom is 0.0331 e. The number of hydrogen-bond acceptors (Lipinski definition) is 2. The van der Waals surface area contributed by atoms with Crippen molar-refractivity contribution in [2.45, 2.75) is 20.0 Å². The molecular weight excluding hydrogens is 294 g/mol. The van der Waals surface area contributed by atoms with Gasteiger partial charge in [0.25, 0.3) is 0 Å². The van der Waals surface area contributed by atoms with Gasteiger partial charge in [0.1, 0.15) is 0 Å². The Labute approximate surface area is 115 Å². The third kappa shape index (κ3) is 3.95. The lowest BCUT2D eigenvalue weighted by molar-refractivity contribution is 0.274. The summed E-state index contributed by atoms with van der Waals surface area (Å²) in [4.78, 5) is 3.86. The minimum Gasteiger partial charge on any atom is -0.294 e. The summed E-state index contributed by atoms with van der Waals surface area (Å²) in [5.74, 6) is 0. The van der Waals surface area contributed by atoms with Crippen LogP contribution in [0.25, 0.3) is 0 Å². The summed E-state index contributed by atoms with van der Waals surface area (Å²) < 4.78 is 1.19. The van der Waals surface area contributed by atoms with Crippen molar-refractivity contribution >= 4 is 27.3 Å². The Bertz CT molecular complexity index is 452. The van der Waals surface area contributed by atoms with Crippen molar-refractivity contribution in [2.24, 2.45) is 0 Å². The third-order valence-electron chi connectivity index (χ3n) is 2.70. The summed E-state index contributed by atoms with van der Waals surface area (Å²) in [7, 11) is 0. The van der Waals surface area contributed by atoms with E-state index in [4.69, 9.17) is 0 Å². The molecule has 0 unspecified atom stereocenters. The molecule has 1 nitrogen and oxygen atoms in total. The zero-order valence-corrected chi connectivity index (χ0v) is 12.3. The van der Waals surface area contributed by atoms with Crippen LogP contribution < -0.4 is 0 Å². The molecule has 0 aliphatic heterocycles. The van der Waals surface area contributed by atoms with Crippen LogP contribution >= 0.6 is 27.3 Å². The Morgan fingerprint density at radius 3 is 2.53 bits per heavy atom. The summed E-state index contributed by atoms with van der Waals surface area (Å²) in [5, 5.41) is 2.14. The smallest absolute Gasteiger partial charge is 0.0331 e. The lowest BCUT2D eigenvalue weighted by Gasteiger charge is -2.19. The predicted molar refractivity (Wildman–Crippen MR) is 78.2 cm³/mol. The minimum atomic E-state index is 1.02. The molecule has 0 amide bonds. The highest BCUT2D eigenvalue weighted by Gasteiger charge is 2.06. The van der Waals surface area contributed by atoms with Gasteiger partial charge in [-0.05, 0) is 34.1 Å². The van der Waals surface area contributed by atoms with Crippen LogP contribution in [0.2, 0.25) is 0 Å². The van der Waals surface area contributed by atoms with Crippen molar-refractivity contribution in [1.82, 2.24) is 4.90 Å². The molecule has 3 heteroatoms. The molecular formula is C14H16BrNS. The first-order valence-electron chi connectivity index (χ1n) is 5.77. The number of halogens is 1. The van der Waals surface area contributed by atoms with Crippen LogP contribution in [0, 0.1) is 0 Å². The van der Waals surface area contributed by atoms with Crippen LogP contribution in [0.15, 0.2) is 46.3 Å². The van der Waals surface area contributed by atoms with E-state index in [-0.39, 0.29) is 0 Å². The second-order valence-corrected chi connectivity index (χ2v) is 5.93. The van der Waals surface area contributed by atoms with Gasteiger partial charge >= 0.3 is 0 Å². The van der Waals surface area contributed by atoms with Gasteiger partial charge in [0.05, 0.1) is 0 Å². The number of rotatable bonds is 5. The van der Waals surface area contributed by atoms with E-state index >= 15 is 0 Å². The molecule has 0 saturated heterocycles. The highest BCUT2D eigenvalue weighted by Crippen LogP contribution is 2.21. The van der Waals surface area contributed by atoms with Crippen molar-refractivity contribution in [3.8, 4) is 0 Å². The first-order chi connectivity index (χ1) is 8.28. The van der Waals surface area contributed by atoms with E-state index in [1.54, 1.807) is 0 Å². The van der Waals surface area contributed by atoms with Crippen molar-refractivity contribution in [1.29, 1.82) is 0 Å². The Kier molecular flexibility index (Phi) is 4.77. The van der Waals surface area contributed by atoms with Gasteiger partial charge in [0.2, 0.25) is 0 Å². The topological polar surface area (TPSA) is 3.24 Å². The van der Waals surface area contributed by atoms with Crippen LogP contribution in [0.3, 0.4) is 0 Å². The molecule has 0 aliphatic rings. The minimum absolute atomic E-state index is 1.02. The quantitative estimate of drug-likeness (QED) is 0.784. The lowest BCUT2D eigenvalue weighted by atomic mass is 10.2. The van der Waals surface area contributed by atoms with Gasteiger partial charge in [-0.1, -0.05) is 37.3 Å². The van der Waals surface area contributed by atoms with Crippen molar-refractivity contribution in [3.63, 3.8) is 0 Å². The van der Waals surface area contributed by atoms with Gasteiger partial charge in [0, 0.05) is 27.8 Å². The highest BCUT2D eigenvalue weighted by molar-refractivity contribution is 9.10. The zero-order chi connectivity index (χ0) is 12.1. The highest BCUT2D eigenvalue weighted by atomic mass is 79.9. The molecule has 0 atom stereocenters. The Hall–Kier alpha value is -0.640. The summed E-state index contributed by atoms with van der Waals surface area (Å²) >= 11 is 5.32. The van der Waals surface area contributed by atoms with E-state index in [1.165, 1.54) is 14.9 Å². The second kappa shape index (κ2) is 6.34. The Morgan fingerprint density at radius 2 is 1.94 bits per heavy atom. The van der Waals surface area contributed by atoms with Crippen LogP contribution in [-0.4, -0.2) is 11.4 Å². The molecule has 0 bridgehead atoms. The van der Waals surface area contributed by atoms with E-state index in [1.807, 2.05) is 11.3 Å². The molecule has 2 aromatic rings. The molecule has 0 aliphatic carbocycles. The third-order valence-corrected chi connectivity index (χ3v) is 4.38. The summed E-state index contributed by atoms with van der Waals surface area (Å²) in [5.41, 5.74) is 1.38. The fourth-order valence-corrected chi connectivity index (χ4v) is 3.27. The molecule has 90 valence electrons. The maximum atomic E-state index is 3.50. The molecule has 2 rings (SSSR count). The second-order valence-electron chi connectivity index (χ2n) is 4.02. The van der Waals surface area contributed by atoms with Crippen LogP contribution in [0.5, 0.6) is 0 Å². The van der Waals surface area contributed by atoms with Crippen molar-refractivity contribution < 1.29 is 0 Å². The van der Waals surface area contributed by atoms with Crippen LogP contribution in [-0.2, 0) is 13.1 Å². The standard InChI is InChI=1S/C14H16BrNS/c1-2-16(9-12-6-4-3-5-7-12)10-14-8-13(15)11-17-14/h3-8,11H,2,9-10H2,1H3. The van der Waals surface area contributed by atoms with E-state index in [0.717, 1.165) is 19.6 Å². The predicted octanol–water partition coefficient (Wildman–Crippen LogP) is 4.53. The van der Waals surface area contributed by atoms with E-state index in [2.05, 4.69) is 69.5 Å². The number of nitrogens with zero attached hydrogens (tertiary/aromatic N) is 1. The number of thiophene rings is 1. The van der Waals surface area contributed by atoms with Crippen LogP contribution in [0.4, 0.5) is 0 Å². The summed E-state index contributed by atoms with van der Waals surface area (Å²) in [6.07, 6.45) is 0. The molecule has 1 aromatic carbocycles. The average molecular weight is 310 g/mol. The van der Waals surface area contributed by atoms with Crippen LogP contribution in [0.1, 0.15) is 17.4 Å². The van der Waals surface area contributed by atoms with Crippen molar-refractivity contribution in [2.75, 3.05) is 6.54 Å². The van der Waals surface area contributed by atoms with E-state index in [9.17, 15) is 0 Å². The first kappa shape index (κ1) is 12.8. The molecule has 0 spiro atoms. The van der Waals surface area contributed by atoms with Gasteiger partial charge in [-0.25, -0.2) is 0 Å². The number of benzene rings is 1. The molecule has 0 radical (unpaired) electrons.